The number of hydrogen-bond donors (Lipinski definition) is 2. The number of nitrogens with zero attached hydrogens (tertiary/aromatic N) is 2. The van der Waals surface area contributed by atoms with Crippen LogP contribution in [0, 0.1) is 0 Å². The molecule has 0 spiro atoms. The van der Waals surface area contributed by atoms with Crippen LogP contribution < -0.4 is 0 Å². The molecule has 4 nitrogen and oxygen atoms in total. The normalized spacial score (nSPS) is 11.0. The Morgan fingerprint density at radius 1 is 1.27 bits per heavy atom. The lowest BCUT2D eigenvalue weighted by molar-refractivity contribution is 1.12. The lowest BCUT2D eigenvalue weighted by Crippen LogP contribution is -1.77. The summed E-state index contributed by atoms with van der Waals surface area (Å²) in [7, 11) is 0. The van der Waals surface area contributed by atoms with E-state index in [2.05, 4.69) is 20.2 Å². The number of aromatic amines is 2. The van der Waals surface area contributed by atoms with E-state index in [0.717, 1.165) is 22.3 Å². The molecular weight excluding hydrogens is 212 g/mol. The van der Waals surface area contributed by atoms with Gasteiger partial charge in [-0.3, -0.25) is 5.10 Å². The van der Waals surface area contributed by atoms with Crippen molar-refractivity contribution in [1.29, 1.82) is 0 Å². The van der Waals surface area contributed by atoms with E-state index >= 15 is 0 Å². The van der Waals surface area contributed by atoms with Crippen LogP contribution in [-0.4, -0.2) is 20.2 Å². The Morgan fingerprint density at radius 3 is 3.00 bits per heavy atom. The van der Waals surface area contributed by atoms with Gasteiger partial charge in [0.25, 0.3) is 0 Å². The van der Waals surface area contributed by atoms with E-state index in [1.165, 1.54) is 0 Å². The number of para-hydroxylation sites is 1. The molecule has 0 bridgehead atoms. The quantitative estimate of drug-likeness (QED) is 0.660. The third-order valence-electron chi connectivity index (χ3n) is 2.30. The van der Waals surface area contributed by atoms with Crippen LogP contribution in [0.3, 0.4) is 0 Å². The predicted octanol–water partition coefficient (Wildman–Crippen LogP) is 2.61. The Hall–Kier alpha value is -1.81. The molecule has 0 radical (unpaired) electrons. The molecule has 0 aliphatic heterocycles. The second kappa shape index (κ2) is 3.10. The van der Waals surface area contributed by atoms with Crippen LogP contribution in [0.4, 0.5) is 0 Å². The van der Waals surface area contributed by atoms with Crippen molar-refractivity contribution in [1.82, 2.24) is 20.2 Å². The number of imidazole rings is 1. The SMILES string of the molecule is Clc1cccc2c(-c3cnc[nH]3)n[nH]c12. The lowest BCUT2D eigenvalue weighted by Gasteiger charge is -1.93. The number of nitrogens with one attached hydrogen (secondary N) is 2. The van der Waals surface area contributed by atoms with Crippen molar-refractivity contribution >= 4 is 22.5 Å². The summed E-state index contributed by atoms with van der Waals surface area (Å²) in [6, 6.07) is 5.71. The minimum Gasteiger partial charge on any atom is -0.343 e. The van der Waals surface area contributed by atoms with Crippen LogP contribution >= 0.6 is 11.6 Å². The molecule has 3 aromatic rings. The van der Waals surface area contributed by atoms with Gasteiger partial charge in [0.2, 0.25) is 0 Å². The maximum Gasteiger partial charge on any atom is 0.118 e. The topological polar surface area (TPSA) is 57.4 Å². The molecule has 0 amide bonds. The van der Waals surface area contributed by atoms with Crippen LogP contribution in [0.1, 0.15) is 0 Å². The van der Waals surface area contributed by atoms with Gasteiger partial charge < -0.3 is 4.98 Å². The predicted molar refractivity (Wildman–Crippen MR) is 58.7 cm³/mol. The summed E-state index contributed by atoms with van der Waals surface area (Å²) < 4.78 is 0. The third-order valence-corrected chi connectivity index (χ3v) is 2.62. The van der Waals surface area contributed by atoms with Gasteiger partial charge in [0.05, 0.1) is 28.8 Å². The zero-order valence-electron chi connectivity index (χ0n) is 7.66. The van der Waals surface area contributed by atoms with Crippen LogP contribution in [-0.2, 0) is 0 Å². The molecule has 0 saturated carbocycles. The fourth-order valence-corrected chi connectivity index (χ4v) is 1.81. The molecule has 3 rings (SSSR count). The maximum absolute atomic E-state index is 6.03. The Morgan fingerprint density at radius 2 is 2.20 bits per heavy atom. The molecule has 2 aromatic heterocycles. The first-order valence-corrected chi connectivity index (χ1v) is 4.85. The molecule has 2 N–H and O–H groups in total. The van der Waals surface area contributed by atoms with E-state index in [0.29, 0.717) is 5.02 Å². The fourth-order valence-electron chi connectivity index (χ4n) is 1.60. The molecule has 74 valence electrons. The molecule has 5 heteroatoms. The first kappa shape index (κ1) is 8.49. The largest absolute Gasteiger partial charge is 0.343 e. The zero-order valence-corrected chi connectivity index (χ0v) is 8.42. The summed E-state index contributed by atoms with van der Waals surface area (Å²) in [5.41, 5.74) is 2.57. The molecule has 15 heavy (non-hydrogen) atoms. The van der Waals surface area contributed by atoms with Crippen molar-refractivity contribution in [3.8, 4) is 11.4 Å². The summed E-state index contributed by atoms with van der Waals surface area (Å²) in [6.45, 7) is 0. The highest BCUT2D eigenvalue weighted by Gasteiger charge is 2.10. The van der Waals surface area contributed by atoms with Gasteiger partial charge in [-0.15, -0.1) is 0 Å². The van der Waals surface area contributed by atoms with E-state index in [1.54, 1.807) is 12.5 Å². The number of H-pyrrole nitrogens is 2. The monoisotopic (exact) mass is 218 g/mol. The van der Waals surface area contributed by atoms with E-state index < -0.39 is 0 Å². The first-order valence-electron chi connectivity index (χ1n) is 4.47. The summed E-state index contributed by atoms with van der Waals surface area (Å²) in [4.78, 5) is 6.98. The van der Waals surface area contributed by atoms with Gasteiger partial charge in [-0.25, -0.2) is 4.98 Å². The molecule has 0 atom stereocenters. The average molecular weight is 219 g/mol. The Balaban J connectivity index is 2.34. The number of halogens is 1. The van der Waals surface area contributed by atoms with Gasteiger partial charge in [-0.05, 0) is 6.07 Å². The summed E-state index contributed by atoms with van der Waals surface area (Å²) >= 11 is 6.03. The van der Waals surface area contributed by atoms with Gasteiger partial charge in [0, 0.05) is 5.39 Å². The van der Waals surface area contributed by atoms with Crippen LogP contribution in [0.25, 0.3) is 22.3 Å². The number of rotatable bonds is 1. The third kappa shape index (κ3) is 1.22. The molecule has 2 heterocycles. The number of aromatic nitrogens is 4. The van der Waals surface area contributed by atoms with Crippen molar-refractivity contribution in [2.45, 2.75) is 0 Å². The van der Waals surface area contributed by atoms with E-state index in [9.17, 15) is 0 Å². The highest BCUT2D eigenvalue weighted by molar-refractivity contribution is 6.35. The standard InChI is InChI=1S/C10H7ClN4/c11-7-3-1-2-6-9(7)14-15-10(6)8-4-12-5-13-8/h1-5H,(H,12,13)(H,14,15). The van der Waals surface area contributed by atoms with E-state index in [1.807, 2.05) is 18.2 Å². The number of hydrogen-bond acceptors (Lipinski definition) is 2. The molecular formula is C10H7ClN4. The van der Waals surface area contributed by atoms with Crippen LogP contribution in [0.5, 0.6) is 0 Å². The fraction of sp³-hybridized carbons (Fsp3) is 0. The Labute approximate surface area is 90.3 Å². The lowest BCUT2D eigenvalue weighted by atomic mass is 10.2. The minimum atomic E-state index is 0.672. The number of fused-ring (bicyclic) bond motifs is 1. The highest BCUT2D eigenvalue weighted by Crippen LogP contribution is 2.28. The summed E-state index contributed by atoms with van der Waals surface area (Å²) in [5, 5.41) is 8.80. The average Bonchev–Trinajstić information content (AvgIpc) is 2.85. The van der Waals surface area contributed by atoms with Gasteiger partial charge in [0.15, 0.2) is 0 Å². The van der Waals surface area contributed by atoms with E-state index in [-0.39, 0.29) is 0 Å². The van der Waals surface area contributed by atoms with Crippen LogP contribution in [0.15, 0.2) is 30.7 Å². The minimum absolute atomic E-state index is 0.672. The zero-order chi connectivity index (χ0) is 10.3. The van der Waals surface area contributed by atoms with Crippen molar-refractivity contribution < 1.29 is 0 Å². The van der Waals surface area contributed by atoms with E-state index in [4.69, 9.17) is 11.6 Å². The maximum atomic E-state index is 6.03. The molecule has 1 aromatic carbocycles. The highest BCUT2D eigenvalue weighted by atomic mass is 35.5. The second-order valence-corrected chi connectivity index (χ2v) is 3.61. The van der Waals surface area contributed by atoms with Crippen molar-refractivity contribution in [2.24, 2.45) is 0 Å². The second-order valence-electron chi connectivity index (χ2n) is 3.20. The molecule has 0 fully saturated rings. The Bertz CT molecular complexity index is 597. The van der Waals surface area contributed by atoms with Gasteiger partial charge in [-0.1, -0.05) is 23.7 Å². The van der Waals surface area contributed by atoms with Gasteiger partial charge in [0.1, 0.15) is 5.69 Å². The molecule has 0 unspecified atom stereocenters. The molecule has 0 aliphatic carbocycles. The van der Waals surface area contributed by atoms with Gasteiger partial charge >= 0.3 is 0 Å². The number of benzene rings is 1. The van der Waals surface area contributed by atoms with Crippen molar-refractivity contribution in [3.05, 3.63) is 35.7 Å². The smallest absolute Gasteiger partial charge is 0.118 e. The van der Waals surface area contributed by atoms with Gasteiger partial charge in [-0.2, -0.15) is 5.10 Å². The summed E-state index contributed by atoms with van der Waals surface area (Å²) in [6.07, 6.45) is 3.36. The van der Waals surface area contributed by atoms with Crippen molar-refractivity contribution in [3.63, 3.8) is 0 Å². The molecule has 0 saturated heterocycles. The first-order chi connectivity index (χ1) is 7.36. The molecule has 0 aliphatic rings. The Kier molecular flexibility index (Phi) is 1.76. The van der Waals surface area contributed by atoms with Crippen molar-refractivity contribution in [2.75, 3.05) is 0 Å². The summed E-state index contributed by atoms with van der Waals surface area (Å²) in [5.74, 6) is 0. The van der Waals surface area contributed by atoms with Crippen LogP contribution in [0.2, 0.25) is 5.02 Å².